The SMILES string of the molecule is CCC(C)(C)CNC(=O)CC(CN)CC(C)C. The summed E-state index contributed by atoms with van der Waals surface area (Å²) in [5.74, 6) is 1.06. The normalized spacial score (nSPS) is 13.8. The standard InChI is InChI=1S/C14H30N2O/c1-6-14(4,5)10-16-13(17)8-12(9-15)7-11(2)3/h11-12H,6-10,15H2,1-5H3,(H,16,17). The van der Waals surface area contributed by atoms with Crippen molar-refractivity contribution in [1.82, 2.24) is 5.32 Å². The number of carbonyl (C=O) groups excluding carboxylic acids is 1. The Morgan fingerprint density at radius 3 is 2.35 bits per heavy atom. The highest BCUT2D eigenvalue weighted by atomic mass is 16.1. The van der Waals surface area contributed by atoms with Gasteiger partial charge in [0.1, 0.15) is 0 Å². The fourth-order valence-corrected chi connectivity index (χ4v) is 1.73. The monoisotopic (exact) mass is 242 g/mol. The van der Waals surface area contributed by atoms with E-state index < -0.39 is 0 Å². The zero-order valence-corrected chi connectivity index (χ0v) is 12.2. The molecule has 0 aliphatic heterocycles. The Kier molecular flexibility index (Phi) is 7.44. The lowest BCUT2D eigenvalue weighted by molar-refractivity contribution is -0.122. The molecule has 0 spiro atoms. The molecule has 0 radical (unpaired) electrons. The maximum absolute atomic E-state index is 11.8. The molecule has 0 saturated carbocycles. The van der Waals surface area contributed by atoms with Gasteiger partial charge in [0, 0.05) is 13.0 Å². The summed E-state index contributed by atoms with van der Waals surface area (Å²) in [6.45, 7) is 12.2. The van der Waals surface area contributed by atoms with Crippen LogP contribution >= 0.6 is 0 Å². The molecule has 3 nitrogen and oxygen atoms in total. The van der Waals surface area contributed by atoms with Crippen LogP contribution in [0.5, 0.6) is 0 Å². The molecule has 1 unspecified atom stereocenters. The van der Waals surface area contributed by atoms with E-state index in [4.69, 9.17) is 5.73 Å². The van der Waals surface area contributed by atoms with Gasteiger partial charge in [-0.15, -0.1) is 0 Å². The minimum Gasteiger partial charge on any atom is -0.356 e. The molecule has 0 fully saturated rings. The predicted molar refractivity (Wildman–Crippen MR) is 73.7 cm³/mol. The van der Waals surface area contributed by atoms with Crippen molar-refractivity contribution >= 4 is 5.91 Å². The van der Waals surface area contributed by atoms with Gasteiger partial charge in [0.25, 0.3) is 0 Å². The number of rotatable bonds is 8. The number of nitrogens with one attached hydrogen (secondary N) is 1. The van der Waals surface area contributed by atoms with Gasteiger partial charge in [-0.2, -0.15) is 0 Å². The first-order valence-electron chi connectivity index (χ1n) is 6.77. The van der Waals surface area contributed by atoms with Gasteiger partial charge in [0.05, 0.1) is 0 Å². The largest absolute Gasteiger partial charge is 0.356 e. The first-order valence-corrected chi connectivity index (χ1v) is 6.77. The van der Waals surface area contributed by atoms with Crippen LogP contribution in [0.2, 0.25) is 0 Å². The topological polar surface area (TPSA) is 55.1 Å². The molecule has 3 heteroatoms. The Morgan fingerprint density at radius 2 is 1.94 bits per heavy atom. The fourth-order valence-electron chi connectivity index (χ4n) is 1.73. The lowest BCUT2D eigenvalue weighted by Gasteiger charge is -2.24. The molecule has 0 aromatic rings. The van der Waals surface area contributed by atoms with Crippen LogP contribution in [-0.4, -0.2) is 19.0 Å². The summed E-state index contributed by atoms with van der Waals surface area (Å²) in [6.07, 6.45) is 2.66. The first-order chi connectivity index (χ1) is 7.80. The van der Waals surface area contributed by atoms with E-state index in [-0.39, 0.29) is 11.3 Å². The zero-order chi connectivity index (χ0) is 13.5. The van der Waals surface area contributed by atoms with Crippen molar-refractivity contribution in [2.24, 2.45) is 23.0 Å². The summed E-state index contributed by atoms with van der Waals surface area (Å²) in [5.41, 5.74) is 5.88. The lowest BCUT2D eigenvalue weighted by atomic mass is 9.90. The molecule has 0 saturated heterocycles. The maximum Gasteiger partial charge on any atom is 0.220 e. The smallest absolute Gasteiger partial charge is 0.220 e. The Morgan fingerprint density at radius 1 is 1.35 bits per heavy atom. The lowest BCUT2D eigenvalue weighted by Crippen LogP contribution is -2.35. The molecule has 0 aromatic heterocycles. The highest BCUT2D eigenvalue weighted by Crippen LogP contribution is 2.18. The van der Waals surface area contributed by atoms with Crippen LogP contribution in [0.15, 0.2) is 0 Å². The van der Waals surface area contributed by atoms with Crippen LogP contribution in [0.25, 0.3) is 0 Å². The molecule has 17 heavy (non-hydrogen) atoms. The molecular formula is C14H30N2O. The third kappa shape index (κ3) is 8.19. The van der Waals surface area contributed by atoms with Crippen molar-refractivity contribution in [3.05, 3.63) is 0 Å². The van der Waals surface area contributed by atoms with Gasteiger partial charge in [-0.25, -0.2) is 0 Å². The number of nitrogens with two attached hydrogens (primary N) is 1. The Labute approximate surface area is 107 Å². The number of hydrogen-bond acceptors (Lipinski definition) is 2. The van der Waals surface area contributed by atoms with Crippen molar-refractivity contribution < 1.29 is 4.79 Å². The Bertz CT molecular complexity index is 224. The molecule has 0 aromatic carbocycles. The van der Waals surface area contributed by atoms with E-state index in [1.165, 1.54) is 0 Å². The van der Waals surface area contributed by atoms with Crippen molar-refractivity contribution in [3.63, 3.8) is 0 Å². The van der Waals surface area contributed by atoms with Gasteiger partial charge in [-0.1, -0.05) is 34.6 Å². The van der Waals surface area contributed by atoms with Crippen LogP contribution < -0.4 is 11.1 Å². The van der Waals surface area contributed by atoms with Crippen LogP contribution in [0.1, 0.15) is 53.9 Å². The maximum atomic E-state index is 11.8. The second-order valence-electron chi connectivity index (χ2n) is 6.23. The molecule has 1 atom stereocenters. The molecular weight excluding hydrogens is 212 g/mol. The van der Waals surface area contributed by atoms with Crippen molar-refractivity contribution in [2.45, 2.75) is 53.9 Å². The van der Waals surface area contributed by atoms with E-state index in [0.29, 0.717) is 24.8 Å². The Hall–Kier alpha value is -0.570. The van der Waals surface area contributed by atoms with Gasteiger partial charge in [0.15, 0.2) is 0 Å². The van der Waals surface area contributed by atoms with Crippen LogP contribution in [0.3, 0.4) is 0 Å². The third-order valence-corrected chi connectivity index (χ3v) is 3.33. The van der Waals surface area contributed by atoms with Crippen LogP contribution in [0, 0.1) is 17.3 Å². The van der Waals surface area contributed by atoms with E-state index >= 15 is 0 Å². The molecule has 0 aliphatic carbocycles. The van der Waals surface area contributed by atoms with E-state index in [1.54, 1.807) is 0 Å². The highest BCUT2D eigenvalue weighted by molar-refractivity contribution is 5.76. The quantitative estimate of drug-likeness (QED) is 0.687. The van der Waals surface area contributed by atoms with Gasteiger partial charge in [-0.05, 0) is 36.6 Å². The van der Waals surface area contributed by atoms with Gasteiger partial charge < -0.3 is 11.1 Å². The third-order valence-electron chi connectivity index (χ3n) is 3.33. The van der Waals surface area contributed by atoms with E-state index in [0.717, 1.165) is 19.4 Å². The molecule has 102 valence electrons. The second kappa shape index (κ2) is 7.70. The van der Waals surface area contributed by atoms with Gasteiger partial charge >= 0.3 is 0 Å². The summed E-state index contributed by atoms with van der Waals surface area (Å²) in [7, 11) is 0. The van der Waals surface area contributed by atoms with Crippen LogP contribution in [0.4, 0.5) is 0 Å². The van der Waals surface area contributed by atoms with Crippen molar-refractivity contribution in [3.8, 4) is 0 Å². The van der Waals surface area contributed by atoms with Crippen molar-refractivity contribution in [2.75, 3.05) is 13.1 Å². The van der Waals surface area contributed by atoms with Crippen LogP contribution in [-0.2, 0) is 4.79 Å². The average molecular weight is 242 g/mol. The second-order valence-corrected chi connectivity index (χ2v) is 6.23. The highest BCUT2D eigenvalue weighted by Gasteiger charge is 2.18. The molecule has 3 N–H and O–H groups in total. The fraction of sp³-hybridized carbons (Fsp3) is 0.929. The van der Waals surface area contributed by atoms with E-state index in [9.17, 15) is 4.79 Å². The minimum atomic E-state index is 0.141. The average Bonchev–Trinajstić information content (AvgIpc) is 2.25. The molecule has 0 heterocycles. The molecule has 0 aliphatic rings. The summed E-state index contributed by atoms with van der Waals surface area (Å²) in [6, 6.07) is 0. The summed E-state index contributed by atoms with van der Waals surface area (Å²) < 4.78 is 0. The van der Waals surface area contributed by atoms with Crippen molar-refractivity contribution in [1.29, 1.82) is 0 Å². The summed E-state index contributed by atoms with van der Waals surface area (Å²) in [4.78, 5) is 11.8. The molecule has 0 bridgehead atoms. The number of carbonyl (C=O) groups is 1. The summed E-state index contributed by atoms with van der Waals surface area (Å²) in [5, 5.41) is 3.02. The van der Waals surface area contributed by atoms with E-state index in [1.807, 2.05) is 0 Å². The number of amides is 1. The molecule has 1 amide bonds. The molecule has 0 rings (SSSR count). The number of hydrogen-bond donors (Lipinski definition) is 2. The van der Waals surface area contributed by atoms with E-state index in [2.05, 4.69) is 39.9 Å². The Balaban J connectivity index is 3.99. The minimum absolute atomic E-state index is 0.141. The van der Waals surface area contributed by atoms with Gasteiger partial charge in [-0.3, -0.25) is 4.79 Å². The summed E-state index contributed by atoms with van der Waals surface area (Å²) >= 11 is 0. The van der Waals surface area contributed by atoms with Gasteiger partial charge in [0.2, 0.25) is 5.91 Å². The zero-order valence-electron chi connectivity index (χ0n) is 12.2. The predicted octanol–water partition coefficient (Wildman–Crippen LogP) is 2.55. The first kappa shape index (κ1) is 16.4.